The summed E-state index contributed by atoms with van der Waals surface area (Å²) in [4.78, 5) is 0. The average Bonchev–Trinajstić information content (AvgIpc) is 2.15. The number of nitrogens with two attached hydrogens (primary N) is 1. The quantitative estimate of drug-likeness (QED) is 0.776. The first kappa shape index (κ1) is 12.9. The van der Waals surface area contributed by atoms with Gasteiger partial charge in [0.05, 0.1) is 0 Å². The summed E-state index contributed by atoms with van der Waals surface area (Å²) < 4.78 is 25.2. The molecule has 0 bridgehead atoms. The number of nitrogens with one attached hydrogen (secondary N) is 1. The molecule has 0 aliphatic heterocycles. The van der Waals surface area contributed by atoms with Crippen LogP contribution in [0.5, 0.6) is 0 Å². The van der Waals surface area contributed by atoms with E-state index in [2.05, 4.69) is 5.32 Å². The van der Waals surface area contributed by atoms with Crippen LogP contribution in [-0.4, -0.2) is 6.04 Å². The van der Waals surface area contributed by atoms with Crippen LogP contribution in [0.4, 0.5) is 14.5 Å². The molecular weight excluding hydrogens is 210 g/mol. The highest BCUT2D eigenvalue weighted by Crippen LogP contribution is 2.25. The Kier molecular flexibility index (Phi) is 4.24. The van der Waals surface area contributed by atoms with Crippen LogP contribution in [0.25, 0.3) is 0 Å². The van der Waals surface area contributed by atoms with E-state index in [0.29, 0.717) is 11.7 Å². The van der Waals surface area contributed by atoms with Gasteiger partial charge in [-0.1, -0.05) is 13.8 Å². The van der Waals surface area contributed by atoms with E-state index in [-0.39, 0.29) is 11.6 Å². The van der Waals surface area contributed by atoms with E-state index in [1.54, 1.807) is 6.07 Å². The molecule has 0 aromatic heterocycles. The van der Waals surface area contributed by atoms with Gasteiger partial charge in [-0.25, -0.2) is 8.78 Å². The molecule has 0 heterocycles. The third kappa shape index (κ3) is 3.45. The molecule has 0 fully saturated rings. The summed E-state index contributed by atoms with van der Waals surface area (Å²) in [5.74, 6) is 0. The summed E-state index contributed by atoms with van der Waals surface area (Å²) in [6, 6.07) is 4.86. The Labute approximate surface area is 94.8 Å². The van der Waals surface area contributed by atoms with E-state index in [0.717, 1.165) is 5.56 Å². The first-order valence-electron chi connectivity index (χ1n) is 5.34. The summed E-state index contributed by atoms with van der Waals surface area (Å²) in [6.07, 6.45) is -2.48. The average molecular weight is 228 g/mol. The first-order chi connectivity index (χ1) is 7.40. The molecule has 3 N–H and O–H groups in total. The maximum Gasteiger partial charge on any atom is 0.263 e. The number of rotatable bonds is 4. The second-order valence-electron chi connectivity index (χ2n) is 4.28. The zero-order chi connectivity index (χ0) is 12.3. The van der Waals surface area contributed by atoms with Crippen molar-refractivity contribution >= 4 is 5.69 Å². The van der Waals surface area contributed by atoms with E-state index in [9.17, 15) is 8.78 Å². The van der Waals surface area contributed by atoms with Crippen LogP contribution in [0.1, 0.15) is 44.4 Å². The number of anilines is 1. The third-order valence-corrected chi connectivity index (χ3v) is 2.34. The van der Waals surface area contributed by atoms with E-state index in [1.807, 2.05) is 20.8 Å². The highest BCUT2D eigenvalue weighted by molar-refractivity contribution is 5.46. The molecule has 0 aliphatic rings. The van der Waals surface area contributed by atoms with Crippen LogP contribution in [0.3, 0.4) is 0 Å². The van der Waals surface area contributed by atoms with Gasteiger partial charge in [-0.15, -0.1) is 0 Å². The molecule has 4 heteroatoms. The van der Waals surface area contributed by atoms with Gasteiger partial charge in [0.25, 0.3) is 6.43 Å². The molecule has 0 spiro atoms. The van der Waals surface area contributed by atoms with Gasteiger partial charge in [-0.2, -0.15) is 0 Å². The second kappa shape index (κ2) is 5.25. The fourth-order valence-electron chi connectivity index (χ4n) is 1.67. The van der Waals surface area contributed by atoms with E-state index < -0.39 is 6.43 Å². The normalized spacial score (nSPS) is 13.4. The predicted octanol–water partition coefficient (Wildman–Crippen LogP) is 3.27. The number of hydrogen-bond acceptors (Lipinski definition) is 2. The lowest BCUT2D eigenvalue weighted by Crippen LogP contribution is -2.26. The van der Waals surface area contributed by atoms with Gasteiger partial charge >= 0.3 is 0 Å². The number of alkyl halides is 2. The number of benzene rings is 1. The highest BCUT2D eigenvalue weighted by Gasteiger charge is 2.12. The van der Waals surface area contributed by atoms with Gasteiger partial charge in [0, 0.05) is 23.3 Å². The first-order valence-corrected chi connectivity index (χ1v) is 5.34. The van der Waals surface area contributed by atoms with Gasteiger partial charge in [0.2, 0.25) is 0 Å². The number of halogens is 2. The Hall–Kier alpha value is -1.16. The summed E-state index contributed by atoms with van der Waals surface area (Å²) in [5, 5.41) is 3.25. The van der Waals surface area contributed by atoms with Crippen LogP contribution >= 0.6 is 0 Å². The van der Waals surface area contributed by atoms with Crippen molar-refractivity contribution < 1.29 is 8.78 Å². The lowest BCUT2D eigenvalue weighted by molar-refractivity contribution is 0.151. The molecule has 0 unspecified atom stereocenters. The van der Waals surface area contributed by atoms with Crippen LogP contribution in [0.2, 0.25) is 0 Å². The Morgan fingerprint density at radius 3 is 2.12 bits per heavy atom. The van der Waals surface area contributed by atoms with Crippen molar-refractivity contribution in [2.24, 2.45) is 0 Å². The number of nitrogen functional groups attached to an aromatic ring is 1. The van der Waals surface area contributed by atoms with Crippen molar-refractivity contribution in [3.8, 4) is 0 Å². The fourth-order valence-corrected chi connectivity index (χ4v) is 1.67. The van der Waals surface area contributed by atoms with Gasteiger partial charge < -0.3 is 11.1 Å². The van der Waals surface area contributed by atoms with Crippen molar-refractivity contribution in [1.29, 1.82) is 0 Å². The molecule has 16 heavy (non-hydrogen) atoms. The molecule has 2 nitrogen and oxygen atoms in total. The van der Waals surface area contributed by atoms with Crippen LogP contribution in [0.15, 0.2) is 18.2 Å². The van der Waals surface area contributed by atoms with Crippen molar-refractivity contribution in [2.75, 3.05) is 5.73 Å². The van der Waals surface area contributed by atoms with Crippen LogP contribution < -0.4 is 11.1 Å². The molecule has 1 rings (SSSR count). The largest absolute Gasteiger partial charge is 0.399 e. The Balaban J connectivity index is 2.95. The minimum atomic E-state index is -2.48. The summed E-state index contributed by atoms with van der Waals surface area (Å²) in [6.45, 7) is 5.96. The minimum Gasteiger partial charge on any atom is -0.399 e. The van der Waals surface area contributed by atoms with Gasteiger partial charge in [-0.05, 0) is 30.7 Å². The minimum absolute atomic E-state index is 0.0148. The lowest BCUT2D eigenvalue weighted by Gasteiger charge is -2.18. The second-order valence-corrected chi connectivity index (χ2v) is 4.28. The fraction of sp³-hybridized carbons (Fsp3) is 0.500. The SMILES string of the molecule is CC(C)N[C@H](C)c1cc(N)cc(C(F)F)c1. The maximum absolute atomic E-state index is 12.6. The predicted molar refractivity (Wildman–Crippen MR) is 62.5 cm³/mol. The molecule has 90 valence electrons. The third-order valence-electron chi connectivity index (χ3n) is 2.34. The topological polar surface area (TPSA) is 38.0 Å². The van der Waals surface area contributed by atoms with Crippen molar-refractivity contribution in [2.45, 2.75) is 39.3 Å². The molecule has 0 aliphatic carbocycles. The zero-order valence-corrected chi connectivity index (χ0v) is 9.80. The summed E-state index contributed by atoms with van der Waals surface area (Å²) in [5.41, 5.74) is 6.76. The molecule has 1 atom stereocenters. The van der Waals surface area contributed by atoms with Crippen molar-refractivity contribution in [3.05, 3.63) is 29.3 Å². The van der Waals surface area contributed by atoms with E-state index in [1.165, 1.54) is 12.1 Å². The number of hydrogen-bond donors (Lipinski definition) is 2. The molecule has 1 aromatic carbocycles. The molecule has 0 saturated carbocycles. The molecule has 1 aromatic rings. The monoisotopic (exact) mass is 228 g/mol. The highest BCUT2D eigenvalue weighted by atomic mass is 19.3. The van der Waals surface area contributed by atoms with E-state index >= 15 is 0 Å². The zero-order valence-electron chi connectivity index (χ0n) is 9.80. The Bertz CT molecular complexity index is 351. The van der Waals surface area contributed by atoms with E-state index in [4.69, 9.17) is 5.73 Å². The lowest BCUT2D eigenvalue weighted by atomic mass is 10.0. The van der Waals surface area contributed by atoms with Gasteiger partial charge in [0.15, 0.2) is 0 Å². The van der Waals surface area contributed by atoms with Crippen molar-refractivity contribution in [1.82, 2.24) is 5.32 Å². The molecular formula is C12H18F2N2. The molecule has 0 radical (unpaired) electrons. The Morgan fingerprint density at radius 1 is 1.06 bits per heavy atom. The van der Waals surface area contributed by atoms with Crippen LogP contribution in [0, 0.1) is 0 Å². The van der Waals surface area contributed by atoms with Crippen LogP contribution in [-0.2, 0) is 0 Å². The van der Waals surface area contributed by atoms with Gasteiger partial charge in [0.1, 0.15) is 0 Å². The Morgan fingerprint density at radius 2 is 1.62 bits per heavy atom. The summed E-state index contributed by atoms with van der Waals surface area (Å²) >= 11 is 0. The molecule has 0 amide bonds. The van der Waals surface area contributed by atoms with Crippen molar-refractivity contribution in [3.63, 3.8) is 0 Å². The standard InChI is InChI=1S/C12H18F2N2/c1-7(2)16-8(3)9-4-10(12(13)14)6-11(15)5-9/h4-8,12,16H,15H2,1-3H3/t8-/m1/s1. The summed E-state index contributed by atoms with van der Waals surface area (Å²) in [7, 11) is 0. The smallest absolute Gasteiger partial charge is 0.263 e. The molecule has 0 saturated heterocycles. The maximum atomic E-state index is 12.6. The van der Waals surface area contributed by atoms with Gasteiger partial charge in [-0.3, -0.25) is 0 Å².